The lowest BCUT2D eigenvalue weighted by molar-refractivity contribution is -0.117. The van der Waals surface area contributed by atoms with Crippen LogP contribution in [0.25, 0.3) is 21.0 Å². The molecule has 2 heterocycles. The Morgan fingerprint density at radius 3 is 2.65 bits per heavy atom. The molecule has 1 fully saturated rings. The van der Waals surface area contributed by atoms with Crippen LogP contribution in [0.5, 0.6) is 5.75 Å². The number of piperazine rings is 1. The van der Waals surface area contributed by atoms with Crippen molar-refractivity contribution in [1.29, 1.82) is 0 Å². The number of nitrogens with one attached hydrogen (secondary N) is 1. The summed E-state index contributed by atoms with van der Waals surface area (Å²) in [5, 5.41) is 6.10. The SMILES string of the molecule is COc1ccc2nc(NC(=O)CN3CCN(c4ccc5ccccc5c4)CC3)sc2c1. The highest BCUT2D eigenvalue weighted by Crippen LogP contribution is 2.29. The molecule has 0 aliphatic carbocycles. The van der Waals surface area contributed by atoms with Crippen molar-refractivity contribution in [1.82, 2.24) is 9.88 Å². The molecule has 6 nitrogen and oxygen atoms in total. The molecule has 3 aromatic carbocycles. The second-order valence-corrected chi connectivity index (χ2v) is 8.73. The van der Waals surface area contributed by atoms with Crippen molar-refractivity contribution in [3.05, 3.63) is 60.7 Å². The molecule has 0 radical (unpaired) electrons. The molecule has 158 valence electrons. The average molecular weight is 433 g/mol. The van der Waals surface area contributed by atoms with Crippen molar-refractivity contribution in [3.8, 4) is 5.75 Å². The summed E-state index contributed by atoms with van der Waals surface area (Å²) in [6, 6.07) is 20.8. The highest BCUT2D eigenvalue weighted by atomic mass is 32.1. The van der Waals surface area contributed by atoms with Gasteiger partial charge in [0.05, 0.1) is 23.9 Å². The molecule has 4 aromatic rings. The van der Waals surface area contributed by atoms with Gasteiger partial charge in [-0.05, 0) is 41.1 Å². The number of hydrogen-bond acceptors (Lipinski definition) is 6. The zero-order valence-corrected chi connectivity index (χ0v) is 18.2. The Hall–Kier alpha value is -3.16. The molecule has 7 heteroatoms. The number of thiazole rings is 1. The van der Waals surface area contributed by atoms with Gasteiger partial charge in [-0.2, -0.15) is 0 Å². The fraction of sp³-hybridized carbons (Fsp3) is 0.250. The minimum Gasteiger partial charge on any atom is -0.497 e. The van der Waals surface area contributed by atoms with Gasteiger partial charge in [0.2, 0.25) is 5.91 Å². The number of aromatic nitrogens is 1. The van der Waals surface area contributed by atoms with Gasteiger partial charge >= 0.3 is 0 Å². The molecule has 0 bridgehead atoms. The largest absolute Gasteiger partial charge is 0.497 e. The Labute approximate surface area is 185 Å². The molecule has 1 aromatic heterocycles. The minimum absolute atomic E-state index is 0.0230. The van der Waals surface area contributed by atoms with Crippen molar-refractivity contribution in [3.63, 3.8) is 0 Å². The van der Waals surface area contributed by atoms with Gasteiger partial charge in [-0.25, -0.2) is 4.98 Å². The first-order valence-electron chi connectivity index (χ1n) is 10.4. The molecule has 5 rings (SSSR count). The summed E-state index contributed by atoms with van der Waals surface area (Å²) < 4.78 is 6.25. The van der Waals surface area contributed by atoms with Crippen LogP contribution in [0.3, 0.4) is 0 Å². The first-order chi connectivity index (χ1) is 15.2. The second-order valence-electron chi connectivity index (χ2n) is 7.70. The fourth-order valence-electron chi connectivity index (χ4n) is 3.98. The van der Waals surface area contributed by atoms with Gasteiger partial charge < -0.3 is 15.0 Å². The Kier molecular flexibility index (Phi) is 5.44. The molecule has 1 aliphatic rings. The third kappa shape index (κ3) is 4.33. The van der Waals surface area contributed by atoms with Crippen LogP contribution < -0.4 is 15.0 Å². The van der Waals surface area contributed by atoms with E-state index in [1.165, 1.54) is 27.8 Å². The first-order valence-corrected chi connectivity index (χ1v) is 11.2. The Morgan fingerprint density at radius 2 is 1.84 bits per heavy atom. The molecule has 0 unspecified atom stereocenters. The van der Waals surface area contributed by atoms with Crippen molar-refractivity contribution in [2.45, 2.75) is 0 Å². The van der Waals surface area contributed by atoms with Crippen molar-refractivity contribution in [2.75, 3.05) is 50.1 Å². The summed E-state index contributed by atoms with van der Waals surface area (Å²) in [6.45, 7) is 3.92. The van der Waals surface area contributed by atoms with E-state index in [1.54, 1.807) is 7.11 Å². The second kappa shape index (κ2) is 8.53. The number of rotatable bonds is 5. The van der Waals surface area contributed by atoms with Gasteiger partial charge in [0.15, 0.2) is 5.13 Å². The van der Waals surface area contributed by atoms with Crippen LogP contribution in [0.1, 0.15) is 0 Å². The van der Waals surface area contributed by atoms with Crippen LogP contribution in [0.4, 0.5) is 10.8 Å². The average Bonchev–Trinajstić information content (AvgIpc) is 3.20. The highest BCUT2D eigenvalue weighted by molar-refractivity contribution is 7.22. The number of benzene rings is 3. The van der Waals surface area contributed by atoms with Crippen LogP contribution in [-0.4, -0.2) is 55.6 Å². The van der Waals surface area contributed by atoms with Gasteiger partial charge in [0, 0.05) is 31.9 Å². The molecule has 1 saturated heterocycles. The van der Waals surface area contributed by atoms with E-state index >= 15 is 0 Å². The highest BCUT2D eigenvalue weighted by Gasteiger charge is 2.20. The molecule has 1 N–H and O–H groups in total. The third-order valence-electron chi connectivity index (χ3n) is 5.68. The lowest BCUT2D eigenvalue weighted by atomic mass is 10.1. The molecule has 31 heavy (non-hydrogen) atoms. The van der Waals surface area contributed by atoms with E-state index in [1.807, 2.05) is 18.2 Å². The zero-order valence-electron chi connectivity index (χ0n) is 17.4. The summed E-state index contributed by atoms with van der Waals surface area (Å²) in [7, 11) is 1.64. The van der Waals surface area contributed by atoms with E-state index in [2.05, 4.69) is 62.6 Å². The summed E-state index contributed by atoms with van der Waals surface area (Å²) >= 11 is 1.47. The Balaban J connectivity index is 1.17. The predicted molar refractivity (Wildman–Crippen MR) is 127 cm³/mol. The number of ether oxygens (including phenoxy) is 1. The number of fused-ring (bicyclic) bond motifs is 2. The van der Waals surface area contributed by atoms with Crippen molar-refractivity contribution < 1.29 is 9.53 Å². The van der Waals surface area contributed by atoms with Crippen molar-refractivity contribution in [2.24, 2.45) is 0 Å². The number of carbonyl (C=O) groups is 1. The zero-order chi connectivity index (χ0) is 21.2. The molecule has 1 aliphatic heterocycles. The van der Waals surface area contributed by atoms with Crippen LogP contribution in [0.15, 0.2) is 60.7 Å². The normalized spacial score (nSPS) is 14.8. The summed E-state index contributed by atoms with van der Waals surface area (Å²) in [5.41, 5.74) is 2.11. The number of nitrogens with zero attached hydrogens (tertiary/aromatic N) is 3. The number of carbonyl (C=O) groups excluding carboxylic acids is 1. The van der Waals surface area contributed by atoms with Gasteiger partial charge in [0.1, 0.15) is 5.75 Å². The minimum atomic E-state index is -0.0230. The molecule has 1 amide bonds. The fourth-order valence-corrected chi connectivity index (χ4v) is 4.90. The monoisotopic (exact) mass is 432 g/mol. The lowest BCUT2D eigenvalue weighted by Gasteiger charge is -2.35. The van der Waals surface area contributed by atoms with Gasteiger partial charge in [-0.15, -0.1) is 0 Å². The van der Waals surface area contributed by atoms with E-state index in [4.69, 9.17) is 4.74 Å². The Bertz CT molecular complexity index is 1230. The van der Waals surface area contributed by atoms with E-state index < -0.39 is 0 Å². The summed E-state index contributed by atoms with van der Waals surface area (Å²) in [4.78, 5) is 21.6. The van der Waals surface area contributed by atoms with E-state index in [9.17, 15) is 4.79 Å². The van der Waals surface area contributed by atoms with Gasteiger partial charge in [-0.3, -0.25) is 9.69 Å². The standard InChI is InChI=1S/C24H24N4O2S/c1-30-20-8-9-21-22(15-20)31-24(25-21)26-23(29)16-27-10-12-28(13-11-27)19-7-6-17-4-2-3-5-18(17)14-19/h2-9,14-15H,10-13,16H2,1H3,(H,25,26,29). The number of methoxy groups -OCH3 is 1. The number of amides is 1. The predicted octanol–water partition coefficient (Wildman–Crippen LogP) is 4.22. The van der Waals surface area contributed by atoms with Crippen LogP contribution in [0.2, 0.25) is 0 Å². The molecular formula is C24H24N4O2S. The Morgan fingerprint density at radius 1 is 1.03 bits per heavy atom. The van der Waals surface area contributed by atoms with Gasteiger partial charge in [-0.1, -0.05) is 41.7 Å². The first kappa shape index (κ1) is 19.8. The lowest BCUT2D eigenvalue weighted by Crippen LogP contribution is -2.48. The molecule has 0 atom stereocenters. The number of hydrogen-bond donors (Lipinski definition) is 1. The quantitative estimate of drug-likeness (QED) is 0.512. The van der Waals surface area contributed by atoms with E-state index in [-0.39, 0.29) is 5.91 Å². The summed E-state index contributed by atoms with van der Waals surface area (Å²) in [6.07, 6.45) is 0. The van der Waals surface area contributed by atoms with Crippen molar-refractivity contribution >= 4 is 49.1 Å². The van der Waals surface area contributed by atoms with E-state index in [0.717, 1.165) is 42.1 Å². The maximum absolute atomic E-state index is 12.6. The number of anilines is 2. The van der Waals surface area contributed by atoms with Crippen LogP contribution in [-0.2, 0) is 4.79 Å². The topological polar surface area (TPSA) is 57.7 Å². The molecular weight excluding hydrogens is 408 g/mol. The van der Waals surface area contributed by atoms with Crippen LogP contribution in [0, 0.1) is 0 Å². The van der Waals surface area contributed by atoms with E-state index in [0.29, 0.717) is 11.7 Å². The third-order valence-corrected chi connectivity index (χ3v) is 6.61. The maximum Gasteiger partial charge on any atom is 0.240 e. The van der Waals surface area contributed by atoms with Crippen LogP contribution >= 0.6 is 11.3 Å². The van der Waals surface area contributed by atoms with Gasteiger partial charge in [0.25, 0.3) is 0 Å². The maximum atomic E-state index is 12.6. The molecule has 0 saturated carbocycles. The smallest absolute Gasteiger partial charge is 0.240 e. The molecule has 0 spiro atoms. The summed E-state index contributed by atoms with van der Waals surface area (Å²) in [5.74, 6) is 0.767.